The van der Waals surface area contributed by atoms with Gasteiger partial charge in [-0.25, -0.2) is 0 Å². The average Bonchev–Trinajstić information content (AvgIpc) is 1.87. The minimum atomic E-state index is 0.782. The molecule has 0 atom stereocenters. The van der Waals surface area contributed by atoms with Crippen molar-refractivity contribution in [2.45, 2.75) is 40.0 Å². The van der Waals surface area contributed by atoms with Crippen LogP contribution in [0, 0.1) is 5.92 Å². The first-order chi connectivity index (χ1) is 5.16. The van der Waals surface area contributed by atoms with Crippen molar-refractivity contribution < 1.29 is 0 Å². The highest BCUT2D eigenvalue weighted by Gasteiger charge is 1.95. The molecule has 11 heavy (non-hydrogen) atoms. The van der Waals surface area contributed by atoms with Gasteiger partial charge in [0.05, 0.1) is 5.84 Å². The van der Waals surface area contributed by atoms with E-state index in [1.54, 1.807) is 0 Å². The highest BCUT2D eigenvalue weighted by Crippen LogP contribution is 2.05. The largest absolute Gasteiger partial charge is 0.387 e. The van der Waals surface area contributed by atoms with E-state index in [9.17, 15) is 0 Å². The third kappa shape index (κ3) is 7.37. The number of aliphatic imine (C=N–C) groups is 1. The summed E-state index contributed by atoms with van der Waals surface area (Å²) in [6, 6.07) is 0. The summed E-state index contributed by atoms with van der Waals surface area (Å²) in [5.41, 5.74) is 5.62. The first kappa shape index (κ1) is 10.5. The van der Waals surface area contributed by atoms with E-state index in [4.69, 9.17) is 5.73 Å². The van der Waals surface area contributed by atoms with E-state index in [1.807, 2.05) is 6.92 Å². The van der Waals surface area contributed by atoms with Crippen LogP contribution in [0.2, 0.25) is 0 Å². The van der Waals surface area contributed by atoms with Crippen LogP contribution in [-0.4, -0.2) is 12.4 Å². The average molecular weight is 156 g/mol. The number of amidine groups is 1. The molecule has 0 radical (unpaired) electrons. The Bertz CT molecular complexity index is 117. The topological polar surface area (TPSA) is 38.4 Å². The van der Waals surface area contributed by atoms with Crippen LogP contribution in [0.5, 0.6) is 0 Å². The molecule has 0 unspecified atom stereocenters. The van der Waals surface area contributed by atoms with Gasteiger partial charge in [-0.05, 0) is 19.3 Å². The van der Waals surface area contributed by atoms with Crippen LogP contribution < -0.4 is 5.73 Å². The second-order valence-electron chi connectivity index (χ2n) is 3.25. The molecular weight excluding hydrogens is 136 g/mol. The van der Waals surface area contributed by atoms with Gasteiger partial charge in [0.1, 0.15) is 0 Å². The quantitative estimate of drug-likeness (QED) is 0.481. The smallest absolute Gasteiger partial charge is 0.0936 e. The fourth-order valence-electron chi connectivity index (χ4n) is 0.974. The van der Waals surface area contributed by atoms with Gasteiger partial charge < -0.3 is 5.73 Å². The molecule has 0 heterocycles. The molecule has 0 amide bonds. The molecule has 0 saturated heterocycles. The van der Waals surface area contributed by atoms with E-state index in [1.165, 1.54) is 12.8 Å². The number of rotatable bonds is 5. The maximum atomic E-state index is 5.62. The summed E-state index contributed by atoms with van der Waals surface area (Å²) in [6.07, 6.45) is 3.39. The molecule has 2 heteroatoms. The van der Waals surface area contributed by atoms with Gasteiger partial charge in [0, 0.05) is 13.0 Å². The lowest BCUT2D eigenvalue weighted by atomic mass is 10.1. The lowest BCUT2D eigenvalue weighted by Crippen LogP contribution is -2.11. The summed E-state index contributed by atoms with van der Waals surface area (Å²) in [7, 11) is 0. The second kappa shape index (κ2) is 6.20. The van der Waals surface area contributed by atoms with Crippen molar-refractivity contribution in [1.29, 1.82) is 0 Å². The Morgan fingerprint density at radius 1 is 1.45 bits per heavy atom. The molecule has 0 bridgehead atoms. The molecule has 0 aliphatic rings. The summed E-state index contributed by atoms with van der Waals surface area (Å²) in [5.74, 6) is 1.59. The number of nitrogens with zero attached hydrogens (tertiary/aromatic N) is 1. The zero-order chi connectivity index (χ0) is 8.69. The van der Waals surface area contributed by atoms with Crippen LogP contribution >= 0.6 is 0 Å². The van der Waals surface area contributed by atoms with Crippen molar-refractivity contribution in [3.05, 3.63) is 0 Å². The number of hydrogen-bond donors (Lipinski definition) is 1. The summed E-state index contributed by atoms with van der Waals surface area (Å²) >= 11 is 0. The SMILES string of the molecule is CC/N=C(\N)CCCC(C)C. The Hall–Kier alpha value is -0.530. The molecule has 2 N–H and O–H groups in total. The summed E-state index contributed by atoms with van der Waals surface area (Å²) in [5, 5.41) is 0. The van der Waals surface area contributed by atoms with Crippen molar-refractivity contribution >= 4 is 5.84 Å². The summed E-state index contributed by atoms with van der Waals surface area (Å²) in [4.78, 5) is 4.12. The van der Waals surface area contributed by atoms with Gasteiger partial charge in [0.25, 0.3) is 0 Å². The minimum absolute atomic E-state index is 0.782. The van der Waals surface area contributed by atoms with Crippen LogP contribution in [0.25, 0.3) is 0 Å². The van der Waals surface area contributed by atoms with Crippen molar-refractivity contribution in [1.82, 2.24) is 0 Å². The lowest BCUT2D eigenvalue weighted by molar-refractivity contribution is 0.564. The summed E-state index contributed by atoms with van der Waals surface area (Å²) in [6.45, 7) is 7.28. The fraction of sp³-hybridized carbons (Fsp3) is 0.889. The van der Waals surface area contributed by atoms with Crippen LogP contribution in [0.15, 0.2) is 4.99 Å². The number of hydrogen-bond acceptors (Lipinski definition) is 1. The third-order valence-electron chi connectivity index (χ3n) is 1.58. The van der Waals surface area contributed by atoms with Crippen LogP contribution in [0.1, 0.15) is 40.0 Å². The molecule has 0 saturated carbocycles. The lowest BCUT2D eigenvalue weighted by Gasteiger charge is -2.03. The van der Waals surface area contributed by atoms with Crippen LogP contribution in [0.3, 0.4) is 0 Å². The standard InChI is InChI=1S/C9H20N2/c1-4-11-9(10)7-5-6-8(2)3/h8H,4-7H2,1-3H3,(H2,10,11). The number of nitrogens with two attached hydrogens (primary N) is 1. The Morgan fingerprint density at radius 3 is 2.55 bits per heavy atom. The van der Waals surface area contributed by atoms with Gasteiger partial charge >= 0.3 is 0 Å². The first-order valence-electron chi connectivity index (χ1n) is 4.45. The highest BCUT2D eigenvalue weighted by atomic mass is 14.8. The molecule has 66 valence electrons. The van der Waals surface area contributed by atoms with Gasteiger partial charge in [-0.1, -0.05) is 20.3 Å². The van der Waals surface area contributed by atoms with Gasteiger partial charge in [0.15, 0.2) is 0 Å². The van der Waals surface area contributed by atoms with Crippen molar-refractivity contribution in [2.24, 2.45) is 16.6 Å². The molecule has 0 aromatic heterocycles. The molecule has 0 spiro atoms. The zero-order valence-electron chi connectivity index (χ0n) is 7.93. The molecule has 2 nitrogen and oxygen atoms in total. The van der Waals surface area contributed by atoms with Crippen molar-refractivity contribution in [3.8, 4) is 0 Å². The van der Waals surface area contributed by atoms with E-state index in [0.29, 0.717) is 0 Å². The predicted octanol–water partition coefficient (Wildman–Crippen LogP) is 2.19. The van der Waals surface area contributed by atoms with Gasteiger partial charge in [0.2, 0.25) is 0 Å². The van der Waals surface area contributed by atoms with E-state index in [2.05, 4.69) is 18.8 Å². The Labute approximate surface area is 69.9 Å². The maximum Gasteiger partial charge on any atom is 0.0936 e. The second-order valence-corrected chi connectivity index (χ2v) is 3.25. The van der Waals surface area contributed by atoms with Crippen LogP contribution in [0.4, 0.5) is 0 Å². The Morgan fingerprint density at radius 2 is 2.09 bits per heavy atom. The predicted molar refractivity (Wildman–Crippen MR) is 50.9 cm³/mol. The molecule has 0 aliphatic carbocycles. The van der Waals surface area contributed by atoms with Gasteiger partial charge in [-0.3, -0.25) is 4.99 Å². The Kier molecular flexibility index (Phi) is 5.90. The monoisotopic (exact) mass is 156 g/mol. The molecule has 0 aliphatic heterocycles. The zero-order valence-corrected chi connectivity index (χ0v) is 7.93. The molecule has 0 rings (SSSR count). The van der Waals surface area contributed by atoms with Crippen molar-refractivity contribution in [2.75, 3.05) is 6.54 Å². The van der Waals surface area contributed by atoms with Crippen molar-refractivity contribution in [3.63, 3.8) is 0 Å². The third-order valence-corrected chi connectivity index (χ3v) is 1.58. The Balaban J connectivity index is 3.31. The van der Waals surface area contributed by atoms with E-state index < -0.39 is 0 Å². The molecule has 0 fully saturated rings. The fourth-order valence-corrected chi connectivity index (χ4v) is 0.974. The minimum Gasteiger partial charge on any atom is -0.387 e. The molecular formula is C9H20N2. The normalized spacial score (nSPS) is 12.5. The van der Waals surface area contributed by atoms with Crippen LogP contribution in [-0.2, 0) is 0 Å². The van der Waals surface area contributed by atoms with E-state index >= 15 is 0 Å². The van der Waals surface area contributed by atoms with E-state index in [0.717, 1.165) is 24.7 Å². The maximum absolute atomic E-state index is 5.62. The molecule has 0 aromatic rings. The van der Waals surface area contributed by atoms with Gasteiger partial charge in [-0.2, -0.15) is 0 Å². The summed E-state index contributed by atoms with van der Waals surface area (Å²) < 4.78 is 0. The molecule has 0 aromatic carbocycles. The van der Waals surface area contributed by atoms with Gasteiger partial charge in [-0.15, -0.1) is 0 Å². The highest BCUT2D eigenvalue weighted by molar-refractivity contribution is 5.80. The first-order valence-corrected chi connectivity index (χ1v) is 4.45. The van der Waals surface area contributed by atoms with E-state index in [-0.39, 0.29) is 0 Å².